The molecule has 0 spiro atoms. The van der Waals surface area contributed by atoms with Gasteiger partial charge in [-0.1, -0.05) is 0 Å². The minimum Gasteiger partial charge on any atom is -0.478 e. The van der Waals surface area contributed by atoms with E-state index in [1.807, 2.05) is 7.05 Å². The fraction of sp³-hybridized carbons (Fsp3) is 0.250. The predicted octanol–water partition coefficient (Wildman–Crippen LogP) is 0.889. The number of nitrogens with one attached hydrogen (secondary N) is 1. The molecule has 0 fully saturated rings. The number of aromatic nitrogens is 3. The van der Waals surface area contributed by atoms with Crippen LogP contribution in [-0.4, -0.2) is 32.4 Å². The van der Waals surface area contributed by atoms with Crippen LogP contribution in [0.1, 0.15) is 16.2 Å². The summed E-state index contributed by atoms with van der Waals surface area (Å²) >= 11 is 0. The number of hydrogen-bond acceptors (Lipinski definition) is 5. The molecule has 2 rings (SSSR count). The van der Waals surface area contributed by atoms with Crippen molar-refractivity contribution >= 4 is 17.3 Å². The van der Waals surface area contributed by atoms with Crippen molar-refractivity contribution in [3.8, 4) is 0 Å². The molecular weight excluding hydrogens is 265 g/mol. The highest BCUT2D eigenvalue weighted by molar-refractivity contribution is 5.94. The molecule has 0 aliphatic rings. The maximum absolute atomic E-state index is 13.7. The van der Waals surface area contributed by atoms with E-state index in [1.54, 1.807) is 10.9 Å². The molecule has 1 aromatic carbocycles. The number of aryl methyl sites for hydroxylation is 1. The van der Waals surface area contributed by atoms with Gasteiger partial charge in [0.2, 0.25) is 0 Å². The lowest BCUT2D eigenvalue weighted by Gasteiger charge is -2.10. The monoisotopic (exact) mass is 279 g/mol. The topological polar surface area (TPSA) is 106 Å². The summed E-state index contributed by atoms with van der Waals surface area (Å²) in [5.74, 6) is -1.05. The SMILES string of the molecule is Cn1cnnc1CCNc1cc(C(=O)O)c(N)cc1F. The molecule has 0 saturated carbocycles. The molecule has 20 heavy (non-hydrogen) atoms. The molecule has 0 unspecified atom stereocenters. The zero-order valence-electron chi connectivity index (χ0n) is 10.8. The summed E-state index contributed by atoms with van der Waals surface area (Å²) in [6.07, 6.45) is 2.10. The highest BCUT2D eigenvalue weighted by Gasteiger charge is 2.13. The number of hydrogen-bond donors (Lipinski definition) is 3. The smallest absolute Gasteiger partial charge is 0.337 e. The second kappa shape index (κ2) is 5.55. The van der Waals surface area contributed by atoms with Crippen molar-refractivity contribution in [1.29, 1.82) is 0 Å². The highest BCUT2D eigenvalue weighted by atomic mass is 19.1. The van der Waals surface area contributed by atoms with Crippen molar-refractivity contribution < 1.29 is 14.3 Å². The van der Waals surface area contributed by atoms with Crippen molar-refractivity contribution in [3.05, 3.63) is 35.7 Å². The van der Waals surface area contributed by atoms with Gasteiger partial charge in [-0.05, 0) is 12.1 Å². The summed E-state index contributed by atoms with van der Waals surface area (Å²) in [4.78, 5) is 10.9. The van der Waals surface area contributed by atoms with E-state index >= 15 is 0 Å². The Balaban J connectivity index is 2.08. The first kappa shape index (κ1) is 13.8. The number of carbonyl (C=O) groups is 1. The summed E-state index contributed by atoms with van der Waals surface area (Å²) in [5, 5.41) is 19.4. The van der Waals surface area contributed by atoms with Crippen molar-refractivity contribution in [3.63, 3.8) is 0 Å². The molecule has 8 heteroatoms. The van der Waals surface area contributed by atoms with Crippen LogP contribution in [0.2, 0.25) is 0 Å². The zero-order valence-corrected chi connectivity index (χ0v) is 10.8. The Morgan fingerprint density at radius 2 is 2.30 bits per heavy atom. The minimum atomic E-state index is -1.20. The van der Waals surface area contributed by atoms with Crippen LogP contribution in [0.25, 0.3) is 0 Å². The maximum atomic E-state index is 13.7. The summed E-state index contributed by atoms with van der Waals surface area (Å²) in [6, 6.07) is 2.18. The van der Waals surface area contributed by atoms with Gasteiger partial charge in [-0.3, -0.25) is 0 Å². The fourth-order valence-corrected chi connectivity index (χ4v) is 1.75. The molecule has 1 heterocycles. The molecule has 1 aromatic heterocycles. The highest BCUT2D eigenvalue weighted by Crippen LogP contribution is 2.22. The number of anilines is 2. The van der Waals surface area contributed by atoms with Gasteiger partial charge in [0.05, 0.1) is 11.3 Å². The van der Waals surface area contributed by atoms with E-state index < -0.39 is 11.8 Å². The van der Waals surface area contributed by atoms with E-state index in [-0.39, 0.29) is 16.9 Å². The van der Waals surface area contributed by atoms with Crippen LogP contribution in [0.15, 0.2) is 18.5 Å². The molecular formula is C12H14FN5O2. The number of benzene rings is 1. The number of carboxylic acids is 1. The Kier molecular flexibility index (Phi) is 3.83. The standard InChI is InChI=1S/C12H14FN5O2/c1-18-6-16-17-11(18)2-3-15-10-4-7(12(19)20)9(14)5-8(10)13/h4-6,15H,2-3,14H2,1H3,(H,19,20). The normalized spacial score (nSPS) is 10.5. The Morgan fingerprint density at radius 1 is 1.55 bits per heavy atom. The average molecular weight is 279 g/mol. The molecule has 0 radical (unpaired) electrons. The number of nitrogens with two attached hydrogens (primary N) is 1. The van der Waals surface area contributed by atoms with E-state index in [1.165, 1.54) is 6.07 Å². The van der Waals surface area contributed by atoms with Crippen molar-refractivity contribution in [1.82, 2.24) is 14.8 Å². The predicted molar refractivity (Wildman–Crippen MR) is 71.0 cm³/mol. The molecule has 2 aromatic rings. The summed E-state index contributed by atoms with van der Waals surface area (Å²) < 4.78 is 15.4. The van der Waals surface area contributed by atoms with Gasteiger partial charge in [0.15, 0.2) is 0 Å². The first-order chi connectivity index (χ1) is 9.49. The molecule has 106 valence electrons. The minimum absolute atomic E-state index is 0.0961. The van der Waals surface area contributed by atoms with Crippen LogP contribution in [-0.2, 0) is 13.5 Å². The summed E-state index contributed by atoms with van der Waals surface area (Å²) in [5.41, 5.74) is 5.31. The van der Waals surface area contributed by atoms with Gasteiger partial charge in [0, 0.05) is 25.7 Å². The van der Waals surface area contributed by atoms with Crippen molar-refractivity contribution in [2.75, 3.05) is 17.6 Å². The van der Waals surface area contributed by atoms with Gasteiger partial charge >= 0.3 is 5.97 Å². The van der Waals surface area contributed by atoms with Gasteiger partial charge in [0.25, 0.3) is 0 Å². The molecule has 0 aliphatic carbocycles. The fourth-order valence-electron chi connectivity index (χ4n) is 1.75. The van der Waals surface area contributed by atoms with E-state index in [0.29, 0.717) is 13.0 Å². The molecule has 0 amide bonds. The van der Waals surface area contributed by atoms with Crippen LogP contribution >= 0.6 is 0 Å². The quantitative estimate of drug-likeness (QED) is 0.702. The lowest BCUT2D eigenvalue weighted by molar-refractivity contribution is 0.0698. The maximum Gasteiger partial charge on any atom is 0.337 e. The van der Waals surface area contributed by atoms with Crippen LogP contribution in [0.5, 0.6) is 0 Å². The zero-order chi connectivity index (χ0) is 14.7. The molecule has 4 N–H and O–H groups in total. The third kappa shape index (κ3) is 2.85. The molecule has 0 bridgehead atoms. The van der Waals surface area contributed by atoms with Gasteiger partial charge in [0.1, 0.15) is 18.0 Å². The Bertz CT molecular complexity index is 641. The Labute approximate surface area is 114 Å². The number of carboxylic acid groups (broad SMARTS) is 1. The third-order valence-corrected chi connectivity index (χ3v) is 2.84. The number of nitrogen functional groups attached to an aromatic ring is 1. The lowest BCUT2D eigenvalue weighted by atomic mass is 10.1. The largest absolute Gasteiger partial charge is 0.478 e. The van der Waals surface area contributed by atoms with Crippen molar-refractivity contribution in [2.24, 2.45) is 7.05 Å². The molecule has 0 saturated heterocycles. The summed E-state index contributed by atoms with van der Waals surface area (Å²) in [7, 11) is 1.81. The first-order valence-corrected chi connectivity index (χ1v) is 5.88. The molecule has 7 nitrogen and oxygen atoms in total. The Hall–Kier alpha value is -2.64. The average Bonchev–Trinajstić information content (AvgIpc) is 2.77. The number of rotatable bonds is 5. The van der Waals surface area contributed by atoms with E-state index in [9.17, 15) is 9.18 Å². The molecule has 0 atom stereocenters. The van der Waals surface area contributed by atoms with Crippen molar-refractivity contribution in [2.45, 2.75) is 6.42 Å². The van der Waals surface area contributed by atoms with Gasteiger partial charge in [-0.2, -0.15) is 0 Å². The van der Waals surface area contributed by atoms with E-state index in [4.69, 9.17) is 10.8 Å². The van der Waals surface area contributed by atoms with Crippen LogP contribution < -0.4 is 11.1 Å². The first-order valence-electron chi connectivity index (χ1n) is 5.88. The molecule has 0 aliphatic heterocycles. The van der Waals surface area contributed by atoms with Crippen LogP contribution in [0, 0.1) is 5.82 Å². The van der Waals surface area contributed by atoms with Gasteiger partial charge in [-0.25, -0.2) is 9.18 Å². The van der Waals surface area contributed by atoms with E-state index in [0.717, 1.165) is 11.9 Å². The van der Waals surface area contributed by atoms with Crippen LogP contribution in [0.4, 0.5) is 15.8 Å². The van der Waals surface area contributed by atoms with Gasteiger partial charge < -0.3 is 20.7 Å². The van der Waals surface area contributed by atoms with Crippen LogP contribution in [0.3, 0.4) is 0 Å². The lowest BCUT2D eigenvalue weighted by Crippen LogP contribution is -2.11. The number of nitrogens with zero attached hydrogens (tertiary/aromatic N) is 3. The number of halogens is 1. The second-order valence-electron chi connectivity index (χ2n) is 4.26. The third-order valence-electron chi connectivity index (χ3n) is 2.84. The van der Waals surface area contributed by atoms with E-state index in [2.05, 4.69) is 15.5 Å². The van der Waals surface area contributed by atoms with Gasteiger partial charge in [-0.15, -0.1) is 10.2 Å². The summed E-state index contributed by atoms with van der Waals surface area (Å²) in [6.45, 7) is 0.395. The Morgan fingerprint density at radius 3 is 2.90 bits per heavy atom. The number of aromatic carboxylic acids is 1. The second-order valence-corrected chi connectivity index (χ2v) is 4.26.